The van der Waals surface area contributed by atoms with Gasteiger partial charge in [0, 0.05) is 6.54 Å². The average Bonchev–Trinajstić information content (AvgIpc) is 2.75. The van der Waals surface area contributed by atoms with Gasteiger partial charge >= 0.3 is 0 Å². The van der Waals surface area contributed by atoms with E-state index in [9.17, 15) is 4.39 Å². The monoisotopic (exact) mass is 268 g/mol. The maximum atomic E-state index is 13.7. The number of aromatic nitrogens is 2. The van der Waals surface area contributed by atoms with Gasteiger partial charge in [0.05, 0.1) is 11.4 Å². The van der Waals surface area contributed by atoms with Crippen molar-refractivity contribution in [3.63, 3.8) is 0 Å². The van der Waals surface area contributed by atoms with Gasteiger partial charge in [-0.15, -0.1) is 11.6 Å². The lowest BCUT2D eigenvalue weighted by Crippen LogP contribution is -2.11. The summed E-state index contributed by atoms with van der Waals surface area (Å²) < 4.78 is 15.8. The fourth-order valence-electron chi connectivity index (χ4n) is 2.27. The maximum Gasteiger partial charge on any atom is 0.151 e. The molecule has 0 aliphatic heterocycles. The molecule has 0 fully saturated rings. The smallest absolute Gasteiger partial charge is 0.151 e. The zero-order valence-electron chi connectivity index (χ0n) is 10.8. The van der Waals surface area contributed by atoms with Crippen LogP contribution in [0.3, 0.4) is 0 Å². The van der Waals surface area contributed by atoms with Crippen molar-refractivity contribution in [2.24, 2.45) is 5.92 Å². The highest BCUT2D eigenvalue weighted by atomic mass is 35.5. The molecule has 4 heteroatoms. The average molecular weight is 269 g/mol. The van der Waals surface area contributed by atoms with Crippen LogP contribution >= 0.6 is 11.6 Å². The molecular formula is C14H18ClFN2. The Labute approximate surface area is 112 Å². The summed E-state index contributed by atoms with van der Waals surface area (Å²) >= 11 is 5.92. The third-order valence-corrected chi connectivity index (χ3v) is 3.76. The van der Waals surface area contributed by atoms with Gasteiger partial charge in [-0.25, -0.2) is 9.37 Å². The van der Waals surface area contributed by atoms with Crippen LogP contribution in [0.15, 0.2) is 18.2 Å². The van der Waals surface area contributed by atoms with E-state index in [2.05, 4.69) is 23.4 Å². The summed E-state index contributed by atoms with van der Waals surface area (Å²) in [6.45, 7) is 5.21. The fraction of sp³-hybridized carbons (Fsp3) is 0.500. The Balaban J connectivity index is 2.50. The number of benzene rings is 1. The number of para-hydroxylation sites is 1. The highest BCUT2D eigenvalue weighted by molar-refractivity contribution is 6.16. The number of hydrogen-bond donors (Lipinski definition) is 0. The Kier molecular flexibility index (Phi) is 4.23. The third kappa shape index (κ3) is 2.37. The number of rotatable bonds is 5. The molecule has 0 saturated heterocycles. The number of fused-ring (bicyclic) bond motifs is 1. The first-order valence-electron chi connectivity index (χ1n) is 6.40. The summed E-state index contributed by atoms with van der Waals surface area (Å²) in [6.07, 6.45) is 2.21. The van der Waals surface area contributed by atoms with Crippen molar-refractivity contribution in [1.29, 1.82) is 0 Å². The number of hydrogen-bond acceptors (Lipinski definition) is 1. The summed E-state index contributed by atoms with van der Waals surface area (Å²) in [6, 6.07) is 5.07. The Morgan fingerprint density at radius 3 is 2.67 bits per heavy atom. The van der Waals surface area contributed by atoms with Crippen molar-refractivity contribution in [3.8, 4) is 0 Å². The van der Waals surface area contributed by atoms with E-state index < -0.39 is 0 Å². The van der Waals surface area contributed by atoms with Crippen LogP contribution in [0.5, 0.6) is 0 Å². The fourth-order valence-corrected chi connectivity index (χ4v) is 2.48. The lowest BCUT2D eigenvalue weighted by Gasteiger charge is -2.15. The molecule has 0 saturated carbocycles. The number of halogens is 2. The van der Waals surface area contributed by atoms with Crippen LogP contribution in [-0.4, -0.2) is 9.55 Å². The minimum atomic E-state index is -0.276. The van der Waals surface area contributed by atoms with Gasteiger partial charge in [-0.3, -0.25) is 0 Å². The van der Waals surface area contributed by atoms with Crippen LogP contribution in [0.2, 0.25) is 0 Å². The Morgan fingerprint density at radius 2 is 2.06 bits per heavy atom. The van der Waals surface area contributed by atoms with Crippen LogP contribution in [0.1, 0.15) is 32.5 Å². The quantitative estimate of drug-likeness (QED) is 0.737. The van der Waals surface area contributed by atoms with E-state index in [0.717, 1.165) is 30.7 Å². The first-order chi connectivity index (χ1) is 8.71. The minimum absolute atomic E-state index is 0.276. The molecule has 0 amide bonds. The van der Waals surface area contributed by atoms with Crippen molar-refractivity contribution in [2.45, 2.75) is 39.1 Å². The van der Waals surface area contributed by atoms with Crippen LogP contribution in [0.25, 0.3) is 11.0 Å². The summed E-state index contributed by atoms with van der Waals surface area (Å²) in [4.78, 5) is 4.31. The van der Waals surface area contributed by atoms with Crippen molar-refractivity contribution in [1.82, 2.24) is 9.55 Å². The summed E-state index contributed by atoms with van der Waals surface area (Å²) in [5.74, 6) is 1.37. The molecule has 0 aliphatic rings. The Bertz CT molecular complexity index is 532. The van der Waals surface area contributed by atoms with E-state index in [4.69, 9.17) is 11.6 Å². The van der Waals surface area contributed by atoms with Crippen LogP contribution in [0, 0.1) is 11.7 Å². The molecule has 0 atom stereocenters. The molecular weight excluding hydrogens is 251 g/mol. The summed E-state index contributed by atoms with van der Waals surface area (Å²) in [7, 11) is 0. The third-order valence-electron chi connectivity index (χ3n) is 3.52. The van der Waals surface area contributed by atoms with Crippen LogP contribution < -0.4 is 0 Å². The lowest BCUT2D eigenvalue weighted by molar-refractivity contribution is 0.419. The minimum Gasteiger partial charge on any atom is -0.327 e. The van der Waals surface area contributed by atoms with Gasteiger partial charge < -0.3 is 4.57 Å². The van der Waals surface area contributed by atoms with E-state index in [-0.39, 0.29) is 5.82 Å². The highest BCUT2D eigenvalue weighted by Crippen LogP contribution is 2.23. The van der Waals surface area contributed by atoms with Crippen LogP contribution in [0.4, 0.5) is 4.39 Å². The zero-order chi connectivity index (χ0) is 13.1. The normalized spacial score (nSPS) is 11.6. The SMILES string of the molecule is CCC(CC)Cn1c(CCl)nc2c(F)cccc21. The molecule has 1 aromatic carbocycles. The molecule has 2 nitrogen and oxygen atoms in total. The predicted molar refractivity (Wildman–Crippen MR) is 73.3 cm³/mol. The van der Waals surface area contributed by atoms with Crippen molar-refractivity contribution < 1.29 is 4.39 Å². The summed E-state index contributed by atoms with van der Waals surface area (Å²) in [5.41, 5.74) is 1.27. The second kappa shape index (κ2) is 5.70. The standard InChI is InChI=1S/C14H18ClFN2/c1-3-10(4-2)9-18-12-7-5-6-11(16)14(12)17-13(18)8-15/h5-7,10H,3-4,8-9H2,1-2H3. The van der Waals surface area contributed by atoms with Gasteiger partial charge in [0.25, 0.3) is 0 Å². The topological polar surface area (TPSA) is 17.8 Å². The van der Waals surface area contributed by atoms with E-state index >= 15 is 0 Å². The first kappa shape index (κ1) is 13.3. The second-order valence-electron chi connectivity index (χ2n) is 4.56. The molecule has 0 bridgehead atoms. The largest absolute Gasteiger partial charge is 0.327 e. The predicted octanol–water partition coefficient (Wildman–Crippen LogP) is 4.35. The van der Waals surface area contributed by atoms with Gasteiger partial charge in [0.1, 0.15) is 11.3 Å². The zero-order valence-corrected chi connectivity index (χ0v) is 11.5. The van der Waals surface area contributed by atoms with Crippen molar-refractivity contribution in [2.75, 3.05) is 0 Å². The molecule has 0 N–H and O–H groups in total. The maximum absolute atomic E-state index is 13.7. The van der Waals surface area contributed by atoms with E-state index in [1.54, 1.807) is 6.07 Å². The van der Waals surface area contributed by atoms with Gasteiger partial charge in [0.2, 0.25) is 0 Å². The number of alkyl halides is 1. The molecule has 1 heterocycles. The Hall–Kier alpha value is -1.09. The molecule has 0 aliphatic carbocycles. The van der Waals surface area contributed by atoms with Crippen molar-refractivity contribution >= 4 is 22.6 Å². The molecule has 0 radical (unpaired) electrons. The van der Waals surface area contributed by atoms with E-state index in [0.29, 0.717) is 17.3 Å². The van der Waals surface area contributed by atoms with Crippen molar-refractivity contribution in [3.05, 3.63) is 29.8 Å². The molecule has 18 heavy (non-hydrogen) atoms. The van der Waals surface area contributed by atoms with Gasteiger partial charge in [-0.2, -0.15) is 0 Å². The van der Waals surface area contributed by atoms with E-state index in [1.807, 2.05) is 6.07 Å². The second-order valence-corrected chi connectivity index (χ2v) is 4.83. The van der Waals surface area contributed by atoms with E-state index in [1.165, 1.54) is 6.07 Å². The van der Waals surface area contributed by atoms with Gasteiger partial charge in [0.15, 0.2) is 5.82 Å². The molecule has 2 aromatic rings. The number of imidazole rings is 1. The molecule has 0 unspecified atom stereocenters. The molecule has 2 rings (SSSR count). The lowest BCUT2D eigenvalue weighted by atomic mass is 10.0. The summed E-state index contributed by atoms with van der Waals surface area (Å²) in [5, 5.41) is 0. The molecule has 1 aromatic heterocycles. The van der Waals surface area contributed by atoms with Crippen LogP contribution in [-0.2, 0) is 12.4 Å². The first-order valence-corrected chi connectivity index (χ1v) is 6.94. The molecule has 0 spiro atoms. The highest BCUT2D eigenvalue weighted by Gasteiger charge is 2.15. The van der Waals surface area contributed by atoms with Gasteiger partial charge in [-0.1, -0.05) is 32.8 Å². The molecule has 98 valence electrons. The van der Waals surface area contributed by atoms with Gasteiger partial charge in [-0.05, 0) is 18.1 Å². The number of nitrogens with zero attached hydrogens (tertiary/aromatic N) is 2. The Morgan fingerprint density at radius 1 is 1.33 bits per heavy atom.